The number of hydrogen-bond acceptors (Lipinski definition) is 3. The minimum Gasteiger partial charge on any atom is -0.750 e. The first-order valence-corrected chi connectivity index (χ1v) is 13.1. The van der Waals surface area contributed by atoms with Gasteiger partial charge in [0.05, 0.1) is 11.4 Å². The minimum atomic E-state index is -6.96. The van der Waals surface area contributed by atoms with E-state index < -0.39 is 51.3 Å². The Labute approximate surface area is 230 Å². The lowest BCUT2D eigenvalue weighted by atomic mass is 9.87. The molecule has 3 nitrogen and oxygen atoms in total. The van der Waals surface area contributed by atoms with Crippen molar-refractivity contribution in [3.63, 3.8) is 0 Å². The van der Waals surface area contributed by atoms with Gasteiger partial charge in [0, 0.05) is 10.5 Å². The molecule has 0 aliphatic heterocycles. The van der Waals surface area contributed by atoms with Crippen molar-refractivity contribution in [2.45, 2.75) is 48.4 Å². The van der Waals surface area contributed by atoms with Crippen LogP contribution in [-0.4, -0.2) is 36.6 Å². The zero-order valence-electron chi connectivity index (χ0n) is 20.7. The van der Waals surface area contributed by atoms with Crippen LogP contribution in [0, 0.1) is 5.92 Å². The number of rotatable bonds is 8. The third kappa shape index (κ3) is 7.59. The molecule has 0 saturated heterocycles. The number of alkyl halides is 9. The second kappa shape index (κ2) is 13.0. The Morgan fingerprint density at radius 1 is 0.750 bits per heavy atom. The topological polar surface area (TPSA) is 60.4 Å². The summed E-state index contributed by atoms with van der Waals surface area (Å²) in [6, 6.07) is 18.7. The number of benzene rings is 3. The molecule has 0 saturated carbocycles. The van der Waals surface area contributed by atoms with E-state index in [1.165, 1.54) is 18.2 Å². The molecule has 1 unspecified atom stereocenters. The zero-order chi connectivity index (χ0) is 30.5. The molecule has 40 heavy (non-hydrogen) atoms. The highest BCUT2D eigenvalue weighted by Gasteiger charge is 2.82. The number of halogens is 9. The normalized spacial score (nSPS) is 13.6. The van der Waals surface area contributed by atoms with Gasteiger partial charge in [-0.1, -0.05) is 80.6 Å². The monoisotopic (exact) mass is 617 g/mol. The molecular formula is C26H22F9O3S2-. The van der Waals surface area contributed by atoms with Crippen LogP contribution < -0.4 is 0 Å². The number of thioether (sulfide) groups is 1. The summed E-state index contributed by atoms with van der Waals surface area (Å²) in [5, 5.41) is -5.80. The predicted molar refractivity (Wildman–Crippen MR) is 134 cm³/mol. The van der Waals surface area contributed by atoms with Crippen LogP contribution in [0.25, 0.3) is 22.3 Å². The fraction of sp³-hybridized carbons (Fsp3) is 0.308. The van der Waals surface area contributed by atoms with Crippen molar-refractivity contribution >= 4 is 23.1 Å². The molecule has 14 heteroatoms. The Balaban J connectivity index is 0.00000131. The Kier molecular flexibility index (Phi) is 10.9. The Morgan fingerprint density at radius 3 is 1.57 bits per heavy atom. The third-order valence-corrected chi connectivity index (χ3v) is 6.43. The summed E-state index contributed by atoms with van der Waals surface area (Å²) < 4.78 is 147. The van der Waals surface area contributed by atoms with Crippen LogP contribution >= 0.6 is 11.8 Å². The van der Waals surface area contributed by atoms with Gasteiger partial charge in [-0.25, -0.2) is 4.21 Å². The van der Waals surface area contributed by atoms with E-state index in [1.807, 2.05) is 13.8 Å². The summed E-state index contributed by atoms with van der Waals surface area (Å²) in [5.74, 6) is -13.6. The standard InChI is InChI=1S/C26H21F9S.H2O3S/c1-16(2)15-19-13-14-20(36-26(34,35)24(29,30)23(27,28)25(31,32)33)22(18-11-7-4-8-12-18)21(19)17-9-5-3-6-10-17;1-4(2)3/h3-14,16H,15H2,1-2H3;(H2,1,2,3)/p-1. The van der Waals surface area contributed by atoms with Crippen molar-refractivity contribution in [3.8, 4) is 22.3 Å². The Bertz CT molecular complexity index is 1280. The van der Waals surface area contributed by atoms with Gasteiger partial charge in [-0.3, -0.25) is 0 Å². The molecule has 0 radical (unpaired) electrons. The maximum Gasteiger partial charge on any atom is 0.460 e. The molecule has 0 aliphatic rings. The molecule has 0 spiro atoms. The molecule has 220 valence electrons. The number of hydrogen-bond donors (Lipinski definition) is 1. The van der Waals surface area contributed by atoms with Gasteiger partial charge in [0.2, 0.25) is 0 Å². The fourth-order valence-corrected chi connectivity index (χ4v) is 4.70. The summed E-state index contributed by atoms with van der Waals surface area (Å²) in [5.41, 5.74) is 1.98. The van der Waals surface area contributed by atoms with Gasteiger partial charge in [-0.15, -0.1) is 0 Å². The molecule has 0 aromatic heterocycles. The molecule has 3 rings (SSSR count). The molecule has 0 aliphatic carbocycles. The van der Waals surface area contributed by atoms with Gasteiger partial charge in [0.15, 0.2) is 0 Å². The summed E-state index contributed by atoms with van der Waals surface area (Å²) in [6.07, 6.45) is -6.41. The molecule has 3 aromatic rings. The van der Waals surface area contributed by atoms with Gasteiger partial charge in [0.1, 0.15) is 0 Å². The lowest BCUT2D eigenvalue weighted by molar-refractivity contribution is -0.381. The molecule has 0 fully saturated rings. The maximum atomic E-state index is 14.7. The first kappa shape index (κ1) is 33.7. The van der Waals surface area contributed by atoms with E-state index in [4.69, 9.17) is 13.3 Å². The van der Waals surface area contributed by atoms with Gasteiger partial charge in [-0.2, -0.15) is 39.5 Å². The molecule has 1 atom stereocenters. The van der Waals surface area contributed by atoms with Crippen LogP contribution in [0.5, 0.6) is 0 Å². The van der Waals surface area contributed by atoms with Crippen molar-refractivity contribution < 1.29 is 52.8 Å². The largest absolute Gasteiger partial charge is 0.750 e. The van der Waals surface area contributed by atoms with E-state index in [9.17, 15) is 39.5 Å². The van der Waals surface area contributed by atoms with Gasteiger partial charge in [0.25, 0.3) is 0 Å². The minimum absolute atomic E-state index is 0.0377. The lowest BCUT2D eigenvalue weighted by Crippen LogP contribution is -2.59. The van der Waals surface area contributed by atoms with Crippen molar-refractivity contribution in [1.29, 1.82) is 0 Å². The van der Waals surface area contributed by atoms with Crippen molar-refractivity contribution in [2.75, 3.05) is 0 Å². The highest BCUT2D eigenvalue weighted by Crippen LogP contribution is 2.59. The van der Waals surface area contributed by atoms with Crippen LogP contribution in [0.15, 0.2) is 77.7 Å². The van der Waals surface area contributed by atoms with E-state index in [2.05, 4.69) is 0 Å². The third-order valence-electron chi connectivity index (χ3n) is 5.36. The lowest BCUT2D eigenvalue weighted by Gasteiger charge is -2.33. The van der Waals surface area contributed by atoms with Gasteiger partial charge < -0.3 is 9.11 Å². The van der Waals surface area contributed by atoms with Crippen LogP contribution in [0.2, 0.25) is 0 Å². The Morgan fingerprint density at radius 2 is 1.18 bits per heavy atom. The van der Waals surface area contributed by atoms with Crippen LogP contribution in [-0.2, 0) is 17.8 Å². The first-order valence-electron chi connectivity index (χ1n) is 11.3. The molecular weight excluding hydrogens is 595 g/mol. The molecule has 0 heterocycles. The molecule has 0 amide bonds. The average molecular weight is 618 g/mol. The second-order valence-corrected chi connectivity index (χ2v) is 10.4. The molecule has 1 N–H and O–H groups in total. The van der Waals surface area contributed by atoms with Crippen molar-refractivity contribution in [2.24, 2.45) is 5.92 Å². The average Bonchev–Trinajstić information content (AvgIpc) is 2.84. The maximum absolute atomic E-state index is 14.7. The zero-order valence-corrected chi connectivity index (χ0v) is 22.3. The molecule has 3 aromatic carbocycles. The first-order chi connectivity index (χ1) is 18.3. The van der Waals surface area contributed by atoms with Gasteiger partial charge in [-0.05, 0) is 52.4 Å². The summed E-state index contributed by atoms with van der Waals surface area (Å²) in [6.45, 7) is 3.82. The fourth-order valence-electron chi connectivity index (χ4n) is 3.71. The van der Waals surface area contributed by atoms with E-state index in [0.717, 1.165) is 6.07 Å². The van der Waals surface area contributed by atoms with E-state index >= 15 is 0 Å². The SMILES string of the molecule is CC(C)Cc1ccc(SC(F)(F)C(F)(F)C(F)(F)C(F)(F)F)c(-c2ccccc2)c1-c1ccccc1.O=S([O-])O. The van der Waals surface area contributed by atoms with Crippen LogP contribution in [0.1, 0.15) is 19.4 Å². The van der Waals surface area contributed by atoms with E-state index in [-0.39, 0.29) is 11.5 Å². The van der Waals surface area contributed by atoms with Crippen LogP contribution in [0.4, 0.5) is 39.5 Å². The Hall–Kier alpha value is -2.55. The summed E-state index contributed by atoms with van der Waals surface area (Å²) in [7, 11) is 0. The summed E-state index contributed by atoms with van der Waals surface area (Å²) in [4.78, 5) is -0.560. The quantitative estimate of drug-likeness (QED) is 0.156. The van der Waals surface area contributed by atoms with E-state index in [0.29, 0.717) is 28.7 Å². The van der Waals surface area contributed by atoms with Crippen LogP contribution in [0.3, 0.4) is 0 Å². The highest BCUT2D eigenvalue weighted by atomic mass is 32.2. The second-order valence-electron chi connectivity index (χ2n) is 8.79. The summed E-state index contributed by atoms with van der Waals surface area (Å²) >= 11 is -3.87. The smallest absolute Gasteiger partial charge is 0.460 e. The molecule has 0 bridgehead atoms. The predicted octanol–water partition coefficient (Wildman–Crippen LogP) is 9.08. The highest BCUT2D eigenvalue weighted by molar-refractivity contribution is 8.00. The van der Waals surface area contributed by atoms with Gasteiger partial charge >= 0.3 is 23.3 Å². The van der Waals surface area contributed by atoms with Crippen molar-refractivity contribution in [1.82, 2.24) is 0 Å². The van der Waals surface area contributed by atoms with E-state index in [1.54, 1.807) is 48.5 Å². The van der Waals surface area contributed by atoms with Crippen molar-refractivity contribution in [3.05, 3.63) is 78.4 Å².